The number of methoxy groups -OCH3 is 2. The Morgan fingerprint density at radius 3 is 2.53 bits per heavy atom. The van der Waals surface area contributed by atoms with Crippen molar-refractivity contribution in [2.45, 2.75) is 29.9 Å². The van der Waals surface area contributed by atoms with Crippen LogP contribution in [0, 0.1) is 12.7 Å². The lowest BCUT2D eigenvalue weighted by Gasteiger charge is -2.31. The van der Waals surface area contributed by atoms with Crippen LogP contribution in [0.3, 0.4) is 0 Å². The number of benzene rings is 2. The topological polar surface area (TPSA) is 68.7 Å². The van der Waals surface area contributed by atoms with Gasteiger partial charge in [-0.3, -0.25) is 0 Å². The van der Waals surface area contributed by atoms with Crippen molar-refractivity contribution in [3.05, 3.63) is 53.2 Å². The van der Waals surface area contributed by atoms with E-state index in [0.717, 1.165) is 22.5 Å². The highest BCUT2D eigenvalue weighted by Gasteiger charge is 2.33. The second-order valence-electron chi connectivity index (χ2n) is 7.72. The van der Waals surface area contributed by atoms with Gasteiger partial charge in [0.25, 0.3) is 0 Å². The lowest BCUT2D eigenvalue weighted by molar-refractivity contribution is 0.395. The summed E-state index contributed by atoms with van der Waals surface area (Å²) in [6.07, 6.45) is 0.943. The van der Waals surface area contributed by atoms with Crippen LogP contribution in [-0.2, 0) is 9.84 Å². The Bertz CT molecular complexity index is 1220. The number of piperidine rings is 1. The van der Waals surface area contributed by atoms with E-state index in [9.17, 15) is 12.8 Å². The van der Waals surface area contributed by atoms with E-state index in [1.54, 1.807) is 21.1 Å². The van der Waals surface area contributed by atoms with Gasteiger partial charge in [0.1, 0.15) is 17.3 Å². The van der Waals surface area contributed by atoms with E-state index in [2.05, 4.69) is 4.90 Å². The molecule has 0 bridgehead atoms. The largest absolute Gasteiger partial charge is 0.497 e. The molecule has 32 heavy (non-hydrogen) atoms. The quantitative estimate of drug-likeness (QED) is 0.513. The van der Waals surface area contributed by atoms with E-state index in [4.69, 9.17) is 14.5 Å². The molecule has 6 nitrogen and oxygen atoms in total. The summed E-state index contributed by atoms with van der Waals surface area (Å²) in [5, 5.41) is 2.29. The summed E-state index contributed by atoms with van der Waals surface area (Å²) in [5.41, 5.74) is 2.25. The van der Waals surface area contributed by atoms with Gasteiger partial charge in [-0.25, -0.2) is 17.8 Å². The van der Waals surface area contributed by atoms with Crippen LogP contribution in [0.25, 0.3) is 11.3 Å². The first kappa shape index (κ1) is 22.5. The maximum absolute atomic E-state index is 13.7. The van der Waals surface area contributed by atoms with Crippen molar-refractivity contribution in [1.82, 2.24) is 4.98 Å². The molecule has 1 saturated heterocycles. The average Bonchev–Trinajstić information content (AvgIpc) is 3.30. The summed E-state index contributed by atoms with van der Waals surface area (Å²) in [6, 6.07) is 9.53. The molecule has 1 fully saturated rings. The third kappa shape index (κ3) is 4.31. The molecule has 1 aliphatic rings. The van der Waals surface area contributed by atoms with Gasteiger partial charge >= 0.3 is 0 Å². The predicted molar refractivity (Wildman–Crippen MR) is 124 cm³/mol. The van der Waals surface area contributed by atoms with Crippen molar-refractivity contribution < 1.29 is 22.3 Å². The molecule has 4 rings (SSSR count). The van der Waals surface area contributed by atoms with Crippen LogP contribution in [0.5, 0.6) is 11.5 Å². The lowest BCUT2D eigenvalue weighted by atomic mass is 10.1. The number of ether oxygens (including phenoxy) is 2. The number of rotatable bonds is 6. The third-order valence-electron chi connectivity index (χ3n) is 5.78. The van der Waals surface area contributed by atoms with Crippen LogP contribution >= 0.6 is 11.3 Å². The summed E-state index contributed by atoms with van der Waals surface area (Å²) in [7, 11) is -0.372. The van der Waals surface area contributed by atoms with Crippen LogP contribution < -0.4 is 14.4 Å². The number of halogens is 1. The number of aromatic nitrogens is 1. The average molecular weight is 477 g/mol. The lowest BCUT2D eigenvalue weighted by Crippen LogP contribution is -2.39. The fraction of sp³-hybridized carbons (Fsp3) is 0.348. The maximum atomic E-state index is 13.7. The predicted octanol–water partition coefficient (Wildman–Crippen LogP) is 4.72. The number of anilines is 1. The Balaban J connectivity index is 1.49. The van der Waals surface area contributed by atoms with E-state index < -0.39 is 20.9 Å². The fourth-order valence-electron chi connectivity index (χ4n) is 3.96. The summed E-state index contributed by atoms with van der Waals surface area (Å²) in [5.74, 6) is 0.852. The SMILES string of the molecule is COc1ccc(-c2csc(N3CCC(S(=O)(=O)c4cc(F)ccc4C)CC3)n2)c(OC)c1. The van der Waals surface area contributed by atoms with Gasteiger partial charge in [0, 0.05) is 30.1 Å². The molecular weight excluding hydrogens is 451 g/mol. The zero-order valence-electron chi connectivity index (χ0n) is 18.2. The summed E-state index contributed by atoms with van der Waals surface area (Å²) in [4.78, 5) is 6.97. The van der Waals surface area contributed by atoms with Crippen LogP contribution in [0.2, 0.25) is 0 Å². The third-order valence-corrected chi connectivity index (χ3v) is 9.09. The first-order valence-electron chi connectivity index (χ1n) is 10.3. The summed E-state index contributed by atoms with van der Waals surface area (Å²) in [6.45, 7) is 2.85. The Hall–Kier alpha value is -2.65. The molecule has 1 aromatic heterocycles. The van der Waals surface area contributed by atoms with Crippen molar-refractivity contribution in [1.29, 1.82) is 0 Å². The molecule has 0 radical (unpaired) electrons. The van der Waals surface area contributed by atoms with Crippen molar-refractivity contribution in [2.24, 2.45) is 0 Å². The molecule has 2 aromatic carbocycles. The molecule has 2 heterocycles. The minimum absolute atomic E-state index is 0.0964. The highest BCUT2D eigenvalue weighted by molar-refractivity contribution is 7.92. The first-order valence-corrected chi connectivity index (χ1v) is 12.7. The minimum Gasteiger partial charge on any atom is -0.497 e. The Morgan fingerprint density at radius 2 is 1.84 bits per heavy atom. The highest BCUT2D eigenvalue weighted by atomic mass is 32.2. The van der Waals surface area contributed by atoms with Crippen molar-refractivity contribution in [2.75, 3.05) is 32.2 Å². The first-order chi connectivity index (χ1) is 15.3. The molecule has 0 aliphatic carbocycles. The second kappa shape index (κ2) is 9.07. The molecule has 0 unspecified atom stereocenters. The molecule has 0 atom stereocenters. The van der Waals surface area contributed by atoms with Crippen molar-refractivity contribution in [3.63, 3.8) is 0 Å². The van der Waals surface area contributed by atoms with Gasteiger partial charge in [0.2, 0.25) is 0 Å². The van der Waals surface area contributed by atoms with E-state index in [1.807, 2.05) is 23.6 Å². The monoisotopic (exact) mass is 476 g/mol. The van der Waals surface area contributed by atoms with Gasteiger partial charge in [-0.1, -0.05) is 6.07 Å². The number of hydrogen-bond acceptors (Lipinski definition) is 7. The van der Waals surface area contributed by atoms with E-state index in [0.29, 0.717) is 43.0 Å². The Labute approximate surface area is 191 Å². The van der Waals surface area contributed by atoms with Gasteiger partial charge in [-0.15, -0.1) is 11.3 Å². The van der Waals surface area contributed by atoms with Gasteiger partial charge < -0.3 is 14.4 Å². The summed E-state index contributed by atoms with van der Waals surface area (Å²) >= 11 is 1.52. The number of thiazole rings is 1. The van der Waals surface area contributed by atoms with Crippen molar-refractivity contribution >= 4 is 26.3 Å². The van der Waals surface area contributed by atoms with Crippen LogP contribution in [0.4, 0.5) is 9.52 Å². The van der Waals surface area contributed by atoms with Gasteiger partial charge in [0.05, 0.1) is 30.1 Å². The number of nitrogens with zero attached hydrogens (tertiary/aromatic N) is 2. The van der Waals surface area contributed by atoms with Crippen LogP contribution in [0.15, 0.2) is 46.7 Å². The fourth-order valence-corrected chi connectivity index (χ4v) is 6.82. The molecule has 0 amide bonds. The molecule has 170 valence electrons. The zero-order chi connectivity index (χ0) is 22.9. The molecule has 0 N–H and O–H groups in total. The number of aryl methyl sites for hydroxylation is 1. The standard InChI is InChI=1S/C23H25FN2O4S2/c1-15-4-5-16(24)12-22(15)32(27,28)18-8-10-26(11-9-18)23-25-20(14-31-23)19-7-6-17(29-2)13-21(19)30-3/h4-7,12-14,18H,8-11H2,1-3H3. The number of hydrogen-bond donors (Lipinski definition) is 0. The molecule has 0 spiro atoms. The smallest absolute Gasteiger partial charge is 0.185 e. The molecular formula is C23H25FN2O4S2. The second-order valence-corrected chi connectivity index (χ2v) is 10.8. The molecule has 3 aromatic rings. The van der Waals surface area contributed by atoms with E-state index in [-0.39, 0.29) is 4.90 Å². The summed E-state index contributed by atoms with van der Waals surface area (Å²) < 4.78 is 50.6. The zero-order valence-corrected chi connectivity index (χ0v) is 19.8. The van der Waals surface area contributed by atoms with Gasteiger partial charge in [-0.2, -0.15) is 0 Å². The molecule has 9 heteroatoms. The van der Waals surface area contributed by atoms with Crippen LogP contribution in [-0.4, -0.2) is 46.0 Å². The maximum Gasteiger partial charge on any atom is 0.185 e. The Kier molecular flexibility index (Phi) is 6.39. The van der Waals surface area contributed by atoms with E-state index >= 15 is 0 Å². The van der Waals surface area contributed by atoms with Gasteiger partial charge in [-0.05, 0) is 49.6 Å². The van der Waals surface area contributed by atoms with Gasteiger partial charge in [0.15, 0.2) is 15.0 Å². The number of sulfone groups is 1. The van der Waals surface area contributed by atoms with Crippen LogP contribution in [0.1, 0.15) is 18.4 Å². The highest BCUT2D eigenvalue weighted by Crippen LogP contribution is 2.37. The minimum atomic E-state index is -3.59. The normalized spacial score (nSPS) is 15.1. The Morgan fingerprint density at radius 1 is 1.09 bits per heavy atom. The van der Waals surface area contributed by atoms with Crippen molar-refractivity contribution in [3.8, 4) is 22.8 Å². The molecule has 0 saturated carbocycles. The van der Waals surface area contributed by atoms with E-state index in [1.165, 1.54) is 23.5 Å². The molecule has 1 aliphatic heterocycles.